The molecule has 0 unspecified atom stereocenters. The van der Waals surface area contributed by atoms with E-state index in [4.69, 9.17) is 0 Å². The highest BCUT2D eigenvalue weighted by atomic mass is 16.4. The zero-order valence-electron chi connectivity index (χ0n) is 13.1. The van der Waals surface area contributed by atoms with Crippen molar-refractivity contribution in [2.24, 2.45) is 5.41 Å². The van der Waals surface area contributed by atoms with E-state index >= 15 is 0 Å². The smallest absolute Gasteiger partial charge is 0.317 e. The van der Waals surface area contributed by atoms with Crippen molar-refractivity contribution in [2.75, 3.05) is 6.54 Å². The Morgan fingerprint density at radius 1 is 1.20 bits per heavy atom. The fourth-order valence-electron chi connectivity index (χ4n) is 3.04. The van der Waals surface area contributed by atoms with Gasteiger partial charge in [0, 0.05) is 18.6 Å². The van der Waals surface area contributed by atoms with Crippen LogP contribution in [-0.4, -0.2) is 40.6 Å². The second kappa shape index (κ2) is 6.95. The molecule has 20 heavy (non-hydrogen) atoms. The Balaban J connectivity index is 2.68. The summed E-state index contributed by atoms with van der Waals surface area (Å²) in [5.74, 6) is -0.831. The number of urea groups is 1. The Morgan fingerprint density at radius 2 is 1.70 bits per heavy atom. The third kappa shape index (κ3) is 3.44. The summed E-state index contributed by atoms with van der Waals surface area (Å²) in [7, 11) is 0. The molecule has 0 bridgehead atoms. The predicted molar refractivity (Wildman–Crippen MR) is 78.7 cm³/mol. The topological polar surface area (TPSA) is 69.6 Å². The van der Waals surface area contributed by atoms with E-state index in [0.717, 1.165) is 19.3 Å². The van der Waals surface area contributed by atoms with Gasteiger partial charge in [-0.25, -0.2) is 4.79 Å². The Labute approximate surface area is 121 Å². The van der Waals surface area contributed by atoms with Gasteiger partial charge >= 0.3 is 12.0 Å². The first-order chi connectivity index (χ1) is 9.38. The molecule has 116 valence electrons. The quantitative estimate of drug-likeness (QED) is 0.815. The number of rotatable bonds is 5. The lowest BCUT2D eigenvalue weighted by Crippen LogP contribution is -2.54. The van der Waals surface area contributed by atoms with Crippen LogP contribution in [0.3, 0.4) is 0 Å². The molecule has 0 radical (unpaired) electrons. The Hall–Kier alpha value is -1.26. The molecular weight excluding hydrogens is 256 g/mol. The van der Waals surface area contributed by atoms with Crippen molar-refractivity contribution >= 4 is 12.0 Å². The van der Waals surface area contributed by atoms with Crippen LogP contribution in [0, 0.1) is 5.41 Å². The number of carboxylic acids is 1. The largest absolute Gasteiger partial charge is 0.481 e. The van der Waals surface area contributed by atoms with Crippen molar-refractivity contribution in [3.05, 3.63) is 0 Å². The number of nitrogens with zero attached hydrogens (tertiary/aromatic N) is 1. The minimum absolute atomic E-state index is 0.128. The summed E-state index contributed by atoms with van der Waals surface area (Å²) >= 11 is 0. The lowest BCUT2D eigenvalue weighted by Gasteiger charge is -2.39. The maximum Gasteiger partial charge on any atom is 0.317 e. The van der Waals surface area contributed by atoms with Crippen LogP contribution in [0.2, 0.25) is 0 Å². The van der Waals surface area contributed by atoms with Gasteiger partial charge in [0.2, 0.25) is 0 Å². The van der Waals surface area contributed by atoms with E-state index in [1.165, 1.54) is 0 Å². The summed E-state index contributed by atoms with van der Waals surface area (Å²) in [6.45, 7) is 8.02. The van der Waals surface area contributed by atoms with Crippen molar-refractivity contribution in [2.45, 2.75) is 71.9 Å². The lowest BCUT2D eigenvalue weighted by atomic mass is 9.82. The minimum atomic E-state index is -0.849. The minimum Gasteiger partial charge on any atom is -0.481 e. The van der Waals surface area contributed by atoms with Gasteiger partial charge in [0.25, 0.3) is 0 Å². The van der Waals surface area contributed by atoms with Gasteiger partial charge < -0.3 is 15.3 Å². The maximum atomic E-state index is 12.3. The third-order valence-corrected chi connectivity index (χ3v) is 4.81. The molecule has 1 aliphatic heterocycles. The van der Waals surface area contributed by atoms with Crippen molar-refractivity contribution in [1.29, 1.82) is 0 Å². The molecule has 2 amide bonds. The van der Waals surface area contributed by atoms with Gasteiger partial charge in [-0.15, -0.1) is 0 Å². The molecule has 1 fully saturated rings. The van der Waals surface area contributed by atoms with E-state index in [1.807, 2.05) is 18.7 Å². The zero-order chi connectivity index (χ0) is 15.3. The normalized spacial score (nSPS) is 23.5. The summed E-state index contributed by atoms with van der Waals surface area (Å²) in [6.07, 6.45) is 4.22. The van der Waals surface area contributed by atoms with Gasteiger partial charge in [-0.2, -0.15) is 0 Å². The predicted octanol–water partition coefficient (Wildman–Crippen LogP) is 2.85. The number of carbonyl (C=O) groups is 2. The highest BCUT2D eigenvalue weighted by Crippen LogP contribution is 2.27. The van der Waals surface area contributed by atoms with Gasteiger partial charge in [0.05, 0.1) is 5.41 Å². The first-order valence-electron chi connectivity index (χ1n) is 7.67. The highest BCUT2D eigenvalue weighted by molar-refractivity contribution is 5.78. The molecule has 0 aromatic heterocycles. The number of piperidine rings is 1. The second-order valence-electron chi connectivity index (χ2n) is 5.99. The first kappa shape index (κ1) is 16.8. The van der Waals surface area contributed by atoms with E-state index in [2.05, 4.69) is 19.2 Å². The molecule has 1 aliphatic rings. The third-order valence-electron chi connectivity index (χ3n) is 4.81. The summed E-state index contributed by atoms with van der Waals surface area (Å²) < 4.78 is 0. The molecule has 0 saturated carbocycles. The van der Waals surface area contributed by atoms with E-state index in [1.54, 1.807) is 0 Å². The van der Waals surface area contributed by atoms with E-state index in [0.29, 0.717) is 12.8 Å². The van der Waals surface area contributed by atoms with Gasteiger partial charge in [-0.3, -0.25) is 4.79 Å². The number of hydrogen-bond acceptors (Lipinski definition) is 2. The van der Waals surface area contributed by atoms with Crippen LogP contribution < -0.4 is 5.32 Å². The first-order valence-corrected chi connectivity index (χ1v) is 7.67. The van der Waals surface area contributed by atoms with Gasteiger partial charge in [-0.1, -0.05) is 13.8 Å². The summed E-state index contributed by atoms with van der Waals surface area (Å²) in [4.78, 5) is 25.6. The second-order valence-corrected chi connectivity index (χ2v) is 5.99. The molecule has 1 rings (SSSR count). The number of aliphatic carboxylic acids is 1. The molecule has 0 spiro atoms. The molecular formula is C15H28N2O3. The van der Waals surface area contributed by atoms with Crippen LogP contribution >= 0.6 is 0 Å². The van der Waals surface area contributed by atoms with Crippen LogP contribution in [-0.2, 0) is 4.79 Å². The number of carbonyl (C=O) groups excluding carboxylic acids is 1. The molecule has 5 heteroatoms. The van der Waals surface area contributed by atoms with Crippen molar-refractivity contribution in [3.63, 3.8) is 0 Å². The number of amides is 2. The van der Waals surface area contributed by atoms with Crippen LogP contribution in [0.4, 0.5) is 4.79 Å². The Morgan fingerprint density at radius 3 is 2.10 bits per heavy atom. The maximum absolute atomic E-state index is 12.3. The number of hydrogen-bond donors (Lipinski definition) is 2. The monoisotopic (exact) mass is 284 g/mol. The Kier molecular flexibility index (Phi) is 5.84. The van der Waals surface area contributed by atoms with Gasteiger partial charge in [0.15, 0.2) is 0 Å². The number of carboxylic acid groups (broad SMARTS) is 1. The van der Waals surface area contributed by atoms with Gasteiger partial charge in [-0.05, 0) is 46.0 Å². The number of nitrogens with one attached hydrogen (secondary N) is 1. The average molecular weight is 284 g/mol. The van der Waals surface area contributed by atoms with Crippen LogP contribution in [0.15, 0.2) is 0 Å². The Bertz CT molecular complexity index is 343. The summed E-state index contributed by atoms with van der Waals surface area (Å²) in [5, 5.41) is 12.2. The molecule has 2 atom stereocenters. The van der Waals surface area contributed by atoms with Crippen molar-refractivity contribution < 1.29 is 14.7 Å². The number of likely N-dealkylation sites (tertiary alicyclic amines) is 1. The van der Waals surface area contributed by atoms with E-state index in [-0.39, 0.29) is 24.7 Å². The van der Waals surface area contributed by atoms with E-state index < -0.39 is 11.4 Å². The summed E-state index contributed by atoms with van der Waals surface area (Å²) in [5.41, 5.74) is -0.849. The molecule has 2 N–H and O–H groups in total. The summed E-state index contributed by atoms with van der Waals surface area (Å²) in [6, 6.07) is 0.319. The SMILES string of the molecule is CCC(CC)(CNC(=O)N1[C@H](C)CCC[C@@H]1C)C(=O)O. The molecule has 1 heterocycles. The molecule has 0 aliphatic carbocycles. The average Bonchev–Trinajstić information content (AvgIpc) is 2.40. The molecule has 0 aromatic carbocycles. The standard InChI is InChI=1S/C15H28N2O3/c1-5-15(6-2,13(18)19)10-16-14(20)17-11(3)8-7-9-12(17)4/h11-12H,5-10H2,1-4H3,(H,16,20)(H,18,19)/t11-,12+. The van der Waals surface area contributed by atoms with Crippen molar-refractivity contribution in [1.82, 2.24) is 10.2 Å². The van der Waals surface area contributed by atoms with Gasteiger partial charge in [0.1, 0.15) is 0 Å². The van der Waals surface area contributed by atoms with Crippen LogP contribution in [0.1, 0.15) is 59.8 Å². The highest BCUT2D eigenvalue weighted by Gasteiger charge is 2.36. The van der Waals surface area contributed by atoms with Crippen LogP contribution in [0.25, 0.3) is 0 Å². The lowest BCUT2D eigenvalue weighted by molar-refractivity contribution is -0.149. The zero-order valence-corrected chi connectivity index (χ0v) is 13.1. The molecule has 5 nitrogen and oxygen atoms in total. The molecule has 0 aromatic rings. The molecule has 1 saturated heterocycles. The van der Waals surface area contributed by atoms with E-state index in [9.17, 15) is 14.7 Å². The van der Waals surface area contributed by atoms with Crippen molar-refractivity contribution in [3.8, 4) is 0 Å². The van der Waals surface area contributed by atoms with Crippen LogP contribution in [0.5, 0.6) is 0 Å². The fraction of sp³-hybridized carbons (Fsp3) is 0.867. The fourth-order valence-corrected chi connectivity index (χ4v) is 3.04.